The van der Waals surface area contributed by atoms with E-state index in [-0.39, 0.29) is 42.0 Å². The van der Waals surface area contributed by atoms with Crippen LogP contribution in [-0.2, 0) is 23.9 Å². The van der Waals surface area contributed by atoms with Gasteiger partial charge in [0.25, 0.3) is 0 Å². The van der Waals surface area contributed by atoms with Gasteiger partial charge in [0.15, 0.2) is 0 Å². The number of alkyl halides is 3. The molecule has 1 aromatic heterocycles. The Morgan fingerprint density at radius 2 is 1.95 bits per heavy atom. The number of hydrogen-bond acceptors (Lipinski definition) is 8. The molecule has 0 aliphatic carbocycles. The average Bonchev–Trinajstić information content (AvgIpc) is 3.42. The van der Waals surface area contributed by atoms with E-state index in [1.807, 2.05) is 11.9 Å². The largest absolute Gasteiger partial charge is 0.475 e. The Balaban J connectivity index is 1.57. The van der Waals surface area contributed by atoms with Gasteiger partial charge < -0.3 is 24.3 Å². The number of likely N-dealkylation sites (tertiary alicyclic amines) is 1. The highest BCUT2D eigenvalue weighted by Gasteiger charge is 2.38. The average molecular weight is 608 g/mol. The van der Waals surface area contributed by atoms with E-state index >= 15 is 0 Å². The van der Waals surface area contributed by atoms with Gasteiger partial charge in [-0.05, 0) is 57.5 Å². The molecule has 0 N–H and O–H groups in total. The molecule has 2 fully saturated rings. The molecule has 1 aromatic carbocycles. The predicted octanol–water partition coefficient (Wildman–Crippen LogP) is 4.43. The van der Waals surface area contributed by atoms with E-state index in [2.05, 4.69) is 23.6 Å². The molecular weight excluding hydrogens is 571 g/mol. The first kappa shape index (κ1) is 31.1. The number of hydrogen-bond donors (Lipinski definition) is 0. The van der Waals surface area contributed by atoms with Crippen LogP contribution in [0.4, 0.5) is 24.5 Å². The minimum absolute atomic E-state index is 0.101. The van der Waals surface area contributed by atoms with E-state index in [4.69, 9.17) is 9.72 Å². The fourth-order valence-corrected chi connectivity index (χ4v) is 6.70. The number of aryl methyl sites for hydroxylation is 1. The third-order valence-electron chi connectivity index (χ3n) is 8.93. The number of ether oxygens (including phenoxy) is 1. The summed E-state index contributed by atoms with van der Waals surface area (Å²) < 4.78 is 48.5. The maximum Gasteiger partial charge on any atom is 0.418 e. The van der Waals surface area contributed by atoms with Crippen molar-refractivity contribution in [1.29, 1.82) is 10.5 Å². The van der Waals surface area contributed by atoms with Crippen LogP contribution in [0.15, 0.2) is 30.9 Å². The van der Waals surface area contributed by atoms with Gasteiger partial charge in [0.05, 0.1) is 47.7 Å². The van der Waals surface area contributed by atoms with Crippen LogP contribution >= 0.6 is 0 Å². The SMILES string of the molecule is C=CC(=O)N1CCN(c2c(C#N)c(OCC3CCCN3C)nc3c2CCN(c2c(C)cccc2C(F)(F)F)C3)CC1CC#N. The van der Waals surface area contributed by atoms with Gasteiger partial charge >= 0.3 is 6.18 Å². The third kappa shape index (κ3) is 6.04. The number of fused-ring (bicyclic) bond motifs is 1. The van der Waals surface area contributed by atoms with Crippen LogP contribution < -0.4 is 14.5 Å². The number of piperazine rings is 1. The first-order chi connectivity index (χ1) is 21.1. The Bertz CT molecular complexity index is 1510. The second kappa shape index (κ2) is 12.7. The topological polar surface area (TPSA) is 99.7 Å². The number of amides is 1. The number of nitriles is 2. The van der Waals surface area contributed by atoms with E-state index in [1.165, 1.54) is 12.1 Å². The van der Waals surface area contributed by atoms with E-state index < -0.39 is 17.8 Å². The minimum Gasteiger partial charge on any atom is -0.475 e. The van der Waals surface area contributed by atoms with Crippen molar-refractivity contribution in [2.75, 3.05) is 56.2 Å². The highest BCUT2D eigenvalue weighted by Crippen LogP contribution is 2.42. The molecule has 5 rings (SSSR count). The van der Waals surface area contributed by atoms with Crippen molar-refractivity contribution in [1.82, 2.24) is 14.8 Å². The van der Waals surface area contributed by atoms with Gasteiger partial charge in [-0.25, -0.2) is 4.98 Å². The van der Waals surface area contributed by atoms with Crippen molar-refractivity contribution >= 4 is 17.3 Å². The lowest BCUT2D eigenvalue weighted by molar-refractivity contribution is -0.137. The number of carbonyl (C=O) groups excluding carboxylic acids is 1. The number of para-hydroxylation sites is 1. The molecule has 9 nitrogen and oxygen atoms in total. The summed E-state index contributed by atoms with van der Waals surface area (Å²) in [6, 6.07) is 8.39. The van der Waals surface area contributed by atoms with Crippen LogP contribution in [0.5, 0.6) is 5.88 Å². The monoisotopic (exact) mass is 607 g/mol. The van der Waals surface area contributed by atoms with Crippen LogP contribution in [0.25, 0.3) is 0 Å². The number of likely N-dealkylation sites (N-methyl/N-ethyl adjacent to an activating group) is 1. The molecule has 0 spiro atoms. The second-order valence-corrected chi connectivity index (χ2v) is 11.6. The van der Waals surface area contributed by atoms with E-state index in [9.17, 15) is 28.5 Å². The molecule has 2 aromatic rings. The van der Waals surface area contributed by atoms with Gasteiger partial charge in [-0.2, -0.15) is 23.7 Å². The van der Waals surface area contributed by atoms with Crippen molar-refractivity contribution in [2.45, 2.75) is 57.4 Å². The van der Waals surface area contributed by atoms with Crippen molar-refractivity contribution in [3.05, 3.63) is 58.8 Å². The van der Waals surface area contributed by atoms with Crippen LogP contribution in [0.2, 0.25) is 0 Å². The number of aromatic nitrogens is 1. The maximum absolute atomic E-state index is 14.1. The Morgan fingerprint density at radius 1 is 1.16 bits per heavy atom. The molecule has 2 saturated heterocycles. The van der Waals surface area contributed by atoms with Crippen LogP contribution in [-0.4, -0.2) is 79.2 Å². The molecule has 4 heterocycles. The lowest BCUT2D eigenvalue weighted by Gasteiger charge is -2.43. The summed E-state index contributed by atoms with van der Waals surface area (Å²) in [5.41, 5.74) is 2.17. The second-order valence-electron chi connectivity index (χ2n) is 11.6. The molecule has 3 aliphatic rings. The number of carbonyl (C=O) groups is 1. The molecular formula is C32H36F3N7O2. The Hall–Kier alpha value is -4.29. The van der Waals surface area contributed by atoms with Crippen molar-refractivity contribution in [3.63, 3.8) is 0 Å². The first-order valence-corrected chi connectivity index (χ1v) is 14.8. The molecule has 0 bridgehead atoms. The standard InChI is InChI=1S/C32H36F3N7O2/c1-4-28(43)42-16-15-41(18-22(42)10-12-36)30-24-11-14-40(29-21(2)7-5-9-26(29)32(33,34)35)19-27(24)38-31(25(30)17-37)44-20-23-8-6-13-39(23)3/h4-5,7,9,22-23H,1,6,8,10-11,13-16,18-20H2,2-3H3. The van der Waals surface area contributed by atoms with Crippen LogP contribution in [0.1, 0.15) is 47.2 Å². The quantitative estimate of drug-likeness (QED) is 0.427. The Kier molecular flexibility index (Phi) is 9.02. The summed E-state index contributed by atoms with van der Waals surface area (Å²) in [6.07, 6.45) is -0.838. The lowest BCUT2D eigenvalue weighted by Crippen LogP contribution is -2.55. The fourth-order valence-electron chi connectivity index (χ4n) is 6.70. The Labute approximate surface area is 255 Å². The number of pyridine rings is 1. The molecule has 0 saturated carbocycles. The molecule has 1 amide bonds. The maximum atomic E-state index is 14.1. The third-order valence-corrected chi connectivity index (χ3v) is 8.93. The van der Waals surface area contributed by atoms with E-state index in [1.54, 1.807) is 22.8 Å². The first-order valence-electron chi connectivity index (χ1n) is 14.8. The van der Waals surface area contributed by atoms with Crippen molar-refractivity contribution in [2.24, 2.45) is 0 Å². The molecule has 0 radical (unpaired) electrons. The fraction of sp³-hybridized carbons (Fsp3) is 0.500. The molecule has 2 atom stereocenters. The van der Waals surface area contributed by atoms with E-state index in [0.717, 1.165) is 31.0 Å². The van der Waals surface area contributed by atoms with Gasteiger partial charge in [0, 0.05) is 37.8 Å². The highest BCUT2D eigenvalue weighted by molar-refractivity contribution is 5.87. The smallest absolute Gasteiger partial charge is 0.418 e. The highest BCUT2D eigenvalue weighted by atomic mass is 19.4. The summed E-state index contributed by atoms with van der Waals surface area (Å²) in [4.78, 5) is 24.9. The molecule has 2 unspecified atom stereocenters. The normalized spacial score (nSPS) is 20.6. The molecule has 232 valence electrons. The summed E-state index contributed by atoms with van der Waals surface area (Å²) in [5.74, 6) is -0.105. The van der Waals surface area contributed by atoms with Gasteiger partial charge in [0.1, 0.15) is 18.2 Å². The van der Waals surface area contributed by atoms with Crippen molar-refractivity contribution < 1.29 is 22.7 Å². The molecule has 12 heteroatoms. The van der Waals surface area contributed by atoms with Gasteiger partial charge in [-0.1, -0.05) is 18.7 Å². The zero-order chi connectivity index (χ0) is 31.6. The number of rotatable bonds is 7. The molecule has 3 aliphatic heterocycles. The van der Waals surface area contributed by atoms with Gasteiger partial charge in [-0.15, -0.1) is 0 Å². The number of nitrogens with zero attached hydrogens (tertiary/aromatic N) is 7. The van der Waals surface area contributed by atoms with Crippen molar-refractivity contribution in [3.8, 4) is 18.0 Å². The zero-order valence-corrected chi connectivity index (χ0v) is 25.0. The summed E-state index contributed by atoms with van der Waals surface area (Å²) in [7, 11) is 2.02. The summed E-state index contributed by atoms with van der Waals surface area (Å²) >= 11 is 0. The lowest BCUT2D eigenvalue weighted by atomic mass is 9.95. The minimum atomic E-state index is -4.52. The predicted molar refractivity (Wildman–Crippen MR) is 159 cm³/mol. The number of anilines is 2. The molecule has 44 heavy (non-hydrogen) atoms. The Morgan fingerprint density at radius 3 is 2.61 bits per heavy atom. The van der Waals surface area contributed by atoms with Gasteiger partial charge in [-0.3, -0.25) is 4.79 Å². The summed E-state index contributed by atoms with van der Waals surface area (Å²) in [6.45, 7) is 7.97. The van der Waals surface area contributed by atoms with E-state index in [0.29, 0.717) is 56.2 Å². The van der Waals surface area contributed by atoms with Gasteiger partial charge in [0.2, 0.25) is 11.8 Å². The van der Waals surface area contributed by atoms with Crippen LogP contribution in [0, 0.1) is 29.6 Å². The van der Waals surface area contributed by atoms with Crippen LogP contribution in [0.3, 0.4) is 0 Å². The number of halogens is 3. The number of benzene rings is 1. The summed E-state index contributed by atoms with van der Waals surface area (Å²) in [5, 5.41) is 20.0. The zero-order valence-electron chi connectivity index (χ0n) is 25.0.